The maximum Gasteiger partial charge on any atom is 0.248 e. The van der Waals surface area contributed by atoms with Gasteiger partial charge in [0, 0.05) is 26.2 Å². The molecule has 0 radical (unpaired) electrons. The van der Waals surface area contributed by atoms with Gasteiger partial charge in [-0.05, 0) is 12.8 Å². The van der Waals surface area contributed by atoms with Gasteiger partial charge in [0.15, 0.2) is 0 Å². The van der Waals surface area contributed by atoms with Crippen molar-refractivity contribution in [3.63, 3.8) is 0 Å². The van der Waals surface area contributed by atoms with Crippen LogP contribution >= 0.6 is 0 Å². The fourth-order valence-electron chi connectivity index (χ4n) is 3.16. The minimum atomic E-state index is -0.671. The Morgan fingerprint density at radius 1 is 1.35 bits per heavy atom. The maximum absolute atomic E-state index is 12.8. The van der Waals surface area contributed by atoms with E-state index in [2.05, 4.69) is 15.6 Å². The van der Waals surface area contributed by atoms with Crippen molar-refractivity contribution in [3.8, 4) is 0 Å². The van der Waals surface area contributed by atoms with Gasteiger partial charge < -0.3 is 10.2 Å². The van der Waals surface area contributed by atoms with Crippen LogP contribution in [0.25, 0.3) is 0 Å². The summed E-state index contributed by atoms with van der Waals surface area (Å²) in [6.45, 7) is 0.867. The number of hydrogen-bond acceptors (Lipinski definition) is 4. The van der Waals surface area contributed by atoms with Crippen molar-refractivity contribution in [2.45, 2.75) is 44.2 Å². The van der Waals surface area contributed by atoms with Gasteiger partial charge in [0.1, 0.15) is 11.2 Å². The number of hydrogen-bond donors (Lipinski definition) is 1. The molecule has 1 aliphatic carbocycles. The maximum atomic E-state index is 12.8. The molecule has 0 aromatic carbocycles. The number of nitrogens with zero attached hydrogens (tertiary/aromatic N) is 4. The molecule has 1 aromatic heterocycles. The molecule has 1 aromatic rings. The van der Waals surface area contributed by atoms with Crippen molar-refractivity contribution in [3.05, 3.63) is 11.9 Å². The molecule has 0 bridgehead atoms. The normalized spacial score (nSPS) is 22.1. The molecule has 108 valence electrons. The lowest BCUT2D eigenvalue weighted by Crippen LogP contribution is -2.55. The Bertz CT molecular complexity index is 533. The Hall–Kier alpha value is -1.92. The summed E-state index contributed by atoms with van der Waals surface area (Å²) in [5.74, 6) is 0.00778. The molecule has 3 rings (SSSR count). The first kappa shape index (κ1) is 13.1. The lowest BCUT2D eigenvalue weighted by Gasteiger charge is -2.31. The Balaban J connectivity index is 1.82. The molecule has 7 heteroatoms. The smallest absolute Gasteiger partial charge is 0.248 e. The first-order chi connectivity index (χ1) is 9.59. The third kappa shape index (κ3) is 2.28. The molecule has 20 heavy (non-hydrogen) atoms. The second kappa shape index (κ2) is 4.88. The van der Waals surface area contributed by atoms with Gasteiger partial charge in [0.2, 0.25) is 11.8 Å². The van der Waals surface area contributed by atoms with Gasteiger partial charge in [-0.25, -0.2) is 0 Å². The number of aryl methyl sites for hydroxylation is 1. The van der Waals surface area contributed by atoms with E-state index in [1.807, 2.05) is 0 Å². The predicted octanol–water partition coefficient (Wildman–Crippen LogP) is -0.0236. The summed E-state index contributed by atoms with van der Waals surface area (Å²) in [6, 6.07) is 0. The summed E-state index contributed by atoms with van der Waals surface area (Å²) in [6.07, 6.45) is 5.63. The van der Waals surface area contributed by atoms with Crippen LogP contribution in [0.3, 0.4) is 0 Å². The van der Waals surface area contributed by atoms with E-state index in [9.17, 15) is 9.59 Å². The van der Waals surface area contributed by atoms with Gasteiger partial charge in [0.05, 0.1) is 6.54 Å². The van der Waals surface area contributed by atoms with Crippen molar-refractivity contribution < 1.29 is 9.59 Å². The van der Waals surface area contributed by atoms with Crippen molar-refractivity contribution in [2.24, 2.45) is 7.05 Å². The summed E-state index contributed by atoms with van der Waals surface area (Å²) in [5.41, 5.74) is 0.0823. The van der Waals surface area contributed by atoms with Crippen molar-refractivity contribution in [1.29, 1.82) is 0 Å². The average molecular weight is 277 g/mol. The summed E-state index contributed by atoms with van der Waals surface area (Å²) in [7, 11) is 1.80. The molecule has 2 amide bonds. The van der Waals surface area contributed by atoms with Crippen LogP contribution in [0.4, 0.5) is 0 Å². The standard InChI is InChI=1S/C13H19N5O2/c1-17-8-10(15-16-17)9-18-7-4-11(19)14-13(12(18)20)5-2-3-6-13/h8H,2-7,9H2,1H3,(H,14,19). The second-order valence-electron chi connectivity index (χ2n) is 5.70. The quantitative estimate of drug-likeness (QED) is 0.823. The summed E-state index contributed by atoms with van der Waals surface area (Å²) in [4.78, 5) is 26.4. The summed E-state index contributed by atoms with van der Waals surface area (Å²) in [5, 5.41) is 10.9. The van der Waals surface area contributed by atoms with Gasteiger partial charge >= 0.3 is 0 Å². The third-order valence-electron chi connectivity index (χ3n) is 4.14. The molecule has 2 aliphatic rings. The monoisotopic (exact) mass is 277 g/mol. The van der Waals surface area contributed by atoms with Crippen molar-refractivity contribution >= 4 is 11.8 Å². The van der Waals surface area contributed by atoms with Crippen LogP contribution in [0.15, 0.2) is 6.20 Å². The van der Waals surface area contributed by atoms with E-state index >= 15 is 0 Å². The molecule has 0 atom stereocenters. The van der Waals surface area contributed by atoms with Gasteiger partial charge in [-0.2, -0.15) is 0 Å². The molecule has 1 saturated carbocycles. The fraction of sp³-hybridized carbons (Fsp3) is 0.692. The van der Waals surface area contributed by atoms with Crippen LogP contribution in [0, 0.1) is 0 Å². The predicted molar refractivity (Wildman–Crippen MR) is 70.4 cm³/mol. The van der Waals surface area contributed by atoms with Crippen LogP contribution in [0.2, 0.25) is 0 Å². The molecule has 7 nitrogen and oxygen atoms in total. The number of carbonyl (C=O) groups is 2. The zero-order chi connectivity index (χ0) is 14.2. The molecule has 1 saturated heterocycles. The van der Waals surface area contributed by atoms with Crippen LogP contribution in [-0.2, 0) is 23.2 Å². The van der Waals surface area contributed by atoms with E-state index < -0.39 is 5.54 Å². The van der Waals surface area contributed by atoms with E-state index in [0.29, 0.717) is 19.5 Å². The molecule has 1 aliphatic heterocycles. The first-order valence-electron chi connectivity index (χ1n) is 7.05. The Morgan fingerprint density at radius 3 is 2.75 bits per heavy atom. The topological polar surface area (TPSA) is 80.1 Å². The number of amides is 2. The fourth-order valence-corrected chi connectivity index (χ4v) is 3.16. The van der Waals surface area contributed by atoms with Crippen LogP contribution in [0.1, 0.15) is 37.8 Å². The van der Waals surface area contributed by atoms with Gasteiger partial charge in [0.25, 0.3) is 0 Å². The summed E-state index contributed by atoms with van der Waals surface area (Å²) < 4.78 is 1.62. The van der Waals surface area contributed by atoms with Gasteiger partial charge in [-0.15, -0.1) is 5.10 Å². The highest BCUT2D eigenvalue weighted by Crippen LogP contribution is 2.33. The number of carbonyl (C=O) groups excluding carboxylic acids is 2. The second-order valence-corrected chi connectivity index (χ2v) is 5.70. The Kier molecular flexibility index (Phi) is 3.19. The van der Waals surface area contributed by atoms with Gasteiger partial charge in [-0.1, -0.05) is 18.1 Å². The zero-order valence-electron chi connectivity index (χ0n) is 11.6. The molecular weight excluding hydrogens is 258 g/mol. The Labute approximate surface area is 117 Å². The molecule has 1 N–H and O–H groups in total. The largest absolute Gasteiger partial charge is 0.342 e. The molecule has 0 unspecified atom stereocenters. The highest BCUT2D eigenvalue weighted by molar-refractivity contribution is 5.93. The van der Waals surface area contributed by atoms with Gasteiger partial charge in [-0.3, -0.25) is 14.3 Å². The minimum Gasteiger partial charge on any atom is -0.342 e. The molecule has 2 heterocycles. The van der Waals surface area contributed by atoms with E-state index in [0.717, 1.165) is 31.4 Å². The van der Waals surface area contributed by atoms with Crippen LogP contribution in [-0.4, -0.2) is 43.8 Å². The first-order valence-corrected chi connectivity index (χ1v) is 7.05. The molecular formula is C13H19N5O2. The van der Waals surface area contributed by atoms with Crippen molar-refractivity contribution in [1.82, 2.24) is 25.2 Å². The summed E-state index contributed by atoms with van der Waals surface area (Å²) >= 11 is 0. The SMILES string of the molecule is Cn1cc(CN2CCC(=O)NC3(CCCC3)C2=O)nn1. The Morgan fingerprint density at radius 2 is 2.10 bits per heavy atom. The van der Waals surface area contributed by atoms with E-state index in [1.165, 1.54) is 0 Å². The van der Waals surface area contributed by atoms with Crippen LogP contribution < -0.4 is 5.32 Å². The van der Waals surface area contributed by atoms with Crippen LogP contribution in [0.5, 0.6) is 0 Å². The van der Waals surface area contributed by atoms with E-state index in [4.69, 9.17) is 0 Å². The number of rotatable bonds is 2. The van der Waals surface area contributed by atoms with E-state index in [-0.39, 0.29) is 11.8 Å². The highest BCUT2D eigenvalue weighted by Gasteiger charge is 2.46. The zero-order valence-corrected chi connectivity index (χ0v) is 11.6. The lowest BCUT2D eigenvalue weighted by molar-refractivity contribution is -0.139. The average Bonchev–Trinajstić information content (AvgIpc) is 3.01. The highest BCUT2D eigenvalue weighted by atomic mass is 16.2. The molecule has 1 spiro atoms. The number of aromatic nitrogens is 3. The lowest BCUT2D eigenvalue weighted by atomic mass is 9.96. The minimum absolute atomic E-state index is 0.0260. The van der Waals surface area contributed by atoms with Crippen molar-refractivity contribution in [2.75, 3.05) is 6.54 Å². The number of nitrogens with one attached hydrogen (secondary N) is 1. The van der Waals surface area contributed by atoms with E-state index in [1.54, 1.807) is 22.8 Å². The molecule has 2 fully saturated rings. The third-order valence-corrected chi connectivity index (χ3v) is 4.14.